The van der Waals surface area contributed by atoms with Crippen molar-refractivity contribution in [2.75, 3.05) is 7.11 Å². The van der Waals surface area contributed by atoms with Crippen LogP contribution in [-0.2, 0) is 13.5 Å². The van der Waals surface area contributed by atoms with Gasteiger partial charge in [0, 0.05) is 24.4 Å². The first-order valence-electron chi connectivity index (χ1n) is 5.41. The van der Waals surface area contributed by atoms with Crippen molar-refractivity contribution >= 4 is 0 Å². The molecule has 0 N–H and O–H groups in total. The molecule has 3 heteroatoms. The van der Waals surface area contributed by atoms with Gasteiger partial charge in [-0.2, -0.15) is 5.10 Å². The van der Waals surface area contributed by atoms with E-state index in [9.17, 15) is 0 Å². The quantitative estimate of drug-likeness (QED) is 0.788. The van der Waals surface area contributed by atoms with Gasteiger partial charge in [0.25, 0.3) is 0 Å². The summed E-state index contributed by atoms with van der Waals surface area (Å²) in [5.74, 6) is 0.956. The molecule has 0 radical (unpaired) electrons. The number of aromatic nitrogens is 2. The average Bonchev–Trinajstić information content (AvgIpc) is 2.74. The van der Waals surface area contributed by atoms with E-state index in [2.05, 4.69) is 30.2 Å². The van der Waals surface area contributed by atoms with Crippen molar-refractivity contribution in [3.8, 4) is 16.9 Å². The summed E-state index contributed by atoms with van der Waals surface area (Å²) in [5.41, 5.74) is 3.42. The zero-order valence-electron chi connectivity index (χ0n) is 9.90. The first-order chi connectivity index (χ1) is 7.76. The van der Waals surface area contributed by atoms with Gasteiger partial charge >= 0.3 is 0 Å². The minimum absolute atomic E-state index is 0.956. The largest absolute Gasteiger partial charge is 0.496 e. The van der Waals surface area contributed by atoms with E-state index in [0.29, 0.717) is 0 Å². The summed E-state index contributed by atoms with van der Waals surface area (Å²) in [4.78, 5) is 0. The number of methoxy groups -OCH3 is 1. The molecule has 1 aromatic carbocycles. The van der Waals surface area contributed by atoms with Crippen LogP contribution in [0.2, 0.25) is 0 Å². The highest BCUT2D eigenvalue weighted by atomic mass is 16.5. The van der Waals surface area contributed by atoms with Gasteiger partial charge in [0.05, 0.1) is 13.3 Å². The van der Waals surface area contributed by atoms with Crippen molar-refractivity contribution in [3.05, 3.63) is 36.2 Å². The molecule has 0 atom stereocenters. The molecule has 0 aliphatic heterocycles. The predicted octanol–water partition coefficient (Wildman–Crippen LogP) is 2.66. The molecule has 0 spiro atoms. The van der Waals surface area contributed by atoms with Crippen LogP contribution in [0.15, 0.2) is 30.6 Å². The zero-order chi connectivity index (χ0) is 11.5. The van der Waals surface area contributed by atoms with Gasteiger partial charge in [-0.05, 0) is 12.0 Å². The molecule has 0 bridgehead atoms. The highest BCUT2D eigenvalue weighted by Gasteiger charge is 2.10. The van der Waals surface area contributed by atoms with Crippen molar-refractivity contribution in [1.29, 1.82) is 0 Å². The maximum atomic E-state index is 5.49. The van der Waals surface area contributed by atoms with Crippen molar-refractivity contribution in [2.45, 2.75) is 13.3 Å². The number of aryl methyl sites for hydroxylation is 2. The van der Waals surface area contributed by atoms with Crippen LogP contribution >= 0.6 is 0 Å². The number of rotatable bonds is 3. The third kappa shape index (κ3) is 1.81. The van der Waals surface area contributed by atoms with E-state index < -0.39 is 0 Å². The molecule has 0 fully saturated rings. The molecule has 84 valence electrons. The summed E-state index contributed by atoms with van der Waals surface area (Å²) >= 11 is 0. The molecule has 0 aliphatic rings. The lowest BCUT2D eigenvalue weighted by Crippen LogP contribution is -1.93. The second-order valence-electron chi connectivity index (χ2n) is 3.75. The fourth-order valence-corrected chi connectivity index (χ4v) is 1.89. The molecule has 0 amide bonds. The second-order valence-corrected chi connectivity index (χ2v) is 3.75. The van der Waals surface area contributed by atoms with Crippen LogP contribution in [0.25, 0.3) is 11.1 Å². The third-order valence-electron chi connectivity index (χ3n) is 2.70. The van der Waals surface area contributed by atoms with Crippen LogP contribution in [0.1, 0.15) is 12.5 Å². The first-order valence-corrected chi connectivity index (χ1v) is 5.41. The molecule has 3 nitrogen and oxygen atoms in total. The Balaban J connectivity index is 2.56. The summed E-state index contributed by atoms with van der Waals surface area (Å²) in [6, 6.07) is 6.22. The normalized spacial score (nSPS) is 10.4. The van der Waals surface area contributed by atoms with Gasteiger partial charge in [0.2, 0.25) is 0 Å². The molecule has 2 aromatic rings. The van der Waals surface area contributed by atoms with Crippen LogP contribution in [0.3, 0.4) is 0 Å². The van der Waals surface area contributed by atoms with Crippen LogP contribution in [0, 0.1) is 0 Å². The molecule has 0 saturated carbocycles. The fraction of sp³-hybridized carbons (Fsp3) is 0.308. The van der Waals surface area contributed by atoms with Gasteiger partial charge in [0.15, 0.2) is 0 Å². The van der Waals surface area contributed by atoms with Crippen LogP contribution in [0.5, 0.6) is 5.75 Å². The van der Waals surface area contributed by atoms with Gasteiger partial charge in [0.1, 0.15) is 5.75 Å². The molecule has 16 heavy (non-hydrogen) atoms. The van der Waals surface area contributed by atoms with E-state index in [-0.39, 0.29) is 0 Å². The Morgan fingerprint density at radius 2 is 2.19 bits per heavy atom. The van der Waals surface area contributed by atoms with Gasteiger partial charge in [-0.15, -0.1) is 0 Å². The molecule has 1 aromatic heterocycles. The number of para-hydroxylation sites is 1. The van der Waals surface area contributed by atoms with Gasteiger partial charge in [-0.25, -0.2) is 0 Å². The smallest absolute Gasteiger partial charge is 0.129 e. The standard InChI is InChI=1S/C13H16N2O/c1-4-10-6-5-7-12(13(10)16-3)11-8-14-15(2)9-11/h5-9H,4H2,1-3H3. The summed E-state index contributed by atoms with van der Waals surface area (Å²) in [6.07, 6.45) is 4.83. The molecular formula is C13H16N2O. The van der Waals surface area contributed by atoms with Crippen molar-refractivity contribution in [3.63, 3.8) is 0 Å². The Labute approximate surface area is 95.7 Å². The second kappa shape index (κ2) is 4.39. The Morgan fingerprint density at radius 1 is 1.38 bits per heavy atom. The Hall–Kier alpha value is -1.77. The molecule has 1 heterocycles. The number of ether oxygens (including phenoxy) is 1. The van der Waals surface area contributed by atoms with Crippen LogP contribution in [0.4, 0.5) is 0 Å². The van der Waals surface area contributed by atoms with Crippen LogP contribution in [-0.4, -0.2) is 16.9 Å². The molecule has 0 unspecified atom stereocenters. The minimum Gasteiger partial charge on any atom is -0.496 e. The summed E-state index contributed by atoms with van der Waals surface area (Å²) in [6.45, 7) is 2.13. The SMILES string of the molecule is CCc1cccc(-c2cnn(C)c2)c1OC. The number of hydrogen-bond donors (Lipinski definition) is 0. The number of hydrogen-bond acceptors (Lipinski definition) is 2. The topological polar surface area (TPSA) is 27.1 Å². The van der Waals surface area contributed by atoms with Crippen LogP contribution < -0.4 is 4.74 Å². The zero-order valence-corrected chi connectivity index (χ0v) is 9.90. The monoisotopic (exact) mass is 216 g/mol. The predicted molar refractivity (Wildman–Crippen MR) is 64.6 cm³/mol. The molecule has 0 saturated heterocycles. The Bertz CT molecular complexity index is 488. The highest BCUT2D eigenvalue weighted by molar-refractivity contribution is 5.71. The number of nitrogens with zero attached hydrogens (tertiary/aromatic N) is 2. The van der Waals surface area contributed by atoms with E-state index in [1.807, 2.05) is 19.4 Å². The summed E-state index contributed by atoms with van der Waals surface area (Å²) < 4.78 is 7.29. The van der Waals surface area contributed by atoms with E-state index in [4.69, 9.17) is 4.74 Å². The lowest BCUT2D eigenvalue weighted by Gasteiger charge is -2.11. The van der Waals surface area contributed by atoms with E-state index in [1.165, 1.54) is 5.56 Å². The maximum absolute atomic E-state index is 5.49. The van der Waals surface area contributed by atoms with Gasteiger partial charge in [-0.3, -0.25) is 4.68 Å². The highest BCUT2D eigenvalue weighted by Crippen LogP contribution is 2.32. The fourth-order valence-electron chi connectivity index (χ4n) is 1.89. The van der Waals surface area contributed by atoms with Crippen molar-refractivity contribution < 1.29 is 4.74 Å². The maximum Gasteiger partial charge on any atom is 0.129 e. The first kappa shape index (κ1) is 10.7. The van der Waals surface area contributed by atoms with Gasteiger partial charge < -0.3 is 4.74 Å². The summed E-state index contributed by atoms with van der Waals surface area (Å²) in [7, 11) is 3.63. The molecule has 0 aliphatic carbocycles. The lowest BCUT2D eigenvalue weighted by molar-refractivity contribution is 0.412. The average molecular weight is 216 g/mol. The Kier molecular flexibility index (Phi) is 2.95. The molecule has 2 rings (SSSR count). The molecular weight excluding hydrogens is 200 g/mol. The lowest BCUT2D eigenvalue weighted by atomic mass is 10.0. The van der Waals surface area contributed by atoms with E-state index >= 15 is 0 Å². The van der Waals surface area contributed by atoms with E-state index in [0.717, 1.165) is 23.3 Å². The van der Waals surface area contributed by atoms with Gasteiger partial charge in [-0.1, -0.05) is 25.1 Å². The third-order valence-corrected chi connectivity index (χ3v) is 2.70. The Morgan fingerprint density at radius 3 is 2.75 bits per heavy atom. The van der Waals surface area contributed by atoms with Crippen molar-refractivity contribution in [2.24, 2.45) is 7.05 Å². The summed E-state index contributed by atoms with van der Waals surface area (Å²) in [5, 5.41) is 4.19. The minimum atomic E-state index is 0.956. The van der Waals surface area contributed by atoms with E-state index in [1.54, 1.807) is 11.8 Å². The van der Waals surface area contributed by atoms with Crippen molar-refractivity contribution in [1.82, 2.24) is 9.78 Å². The number of benzene rings is 1.